The molecule has 5 nitrogen and oxygen atoms in total. The Kier molecular flexibility index (Phi) is 10.0. The normalized spacial score (nSPS) is 22.4. The molecule has 3 N–H and O–H groups in total. The van der Waals surface area contributed by atoms with Gasteiger partial charge in [-0.05, 0) is 32.9 Å². The summed E-state index contributed by atoms with van der Waals surface area (Å²) in [5, 5.41) is 3.08. The molecule has 128 valence electrons. The molecule has 1 atom stereocenters. The summed E-state index contributed by atoms with van der Waals surface area (Å²) in [5.74, 6) is 1.15. The van der Waals surface area contributed by atoms with E-state index in [1.807, 2.05) is 38.7 Å². The van der Waals surface area contributed by atoms with Gasteiger partial charge in [-0.3, -0.25) is 4.79 Å². The fourth-order valence-electron chi connectivity index (χ4n) is 2.35. The van der Waals surface area contributed by atoms with Gasteiger partial charge in [0.25, 0.3) is 0 Å². The first-order valence-corrected chi connectivity index (χ1v) is 9.96. The molecule has 0 bridgehead atoms. The van der Waals surface area contributed by atoms with Crippen LogP contribution in [-0.2, 0) is 9.53 Å². The van der Waals surface area contributed by atoms with Crippen molar-refractivity contribution >= 4 is 29.5 Å². The third kappa shape index (κ3) is 6.81. The van der Waals surface area contributed by atoms with Crippen molar-refractivity contribution in [2.75, 3.05) is 32.0 Å². The lowest BCUT2D eigenvalue weighted by atomic mass is 9.97. The molecule has 22 heavy (non-hydrogen) atoms. The SMILES string of the molecule is CC.CCOC(=O)C1CCN(CCSC2=CNC(N)S2)CC1. The van der Waals surface area contributed by atoms with E-state index in [0.29, 0.717) is 6.61 Å². The summed E-state index contributed by atoms with van der Waals surface area (Å²) in [7, 11) is 0. The summed E-state index contributed by atoms with van der Waals surface area (Å²) in [6.45, 7) is 9.40. The predicted molar refractivity (Wildman–Crippen MR) is 96.4 cm³/mol. The smallest absolute Gasteiger partial charge is 0.309 e. The summed E-state index contributed by atoms with van der Waals surface area (Å²) in [6.07, 6.45) is 3.84. The highest BCUT2D eigenvalue weighted by atomic mass is 32.2. The summed E-state index contributed by atoms with van der Waals surface area (Å²) >= 11 is 3.52. The number of hydrogen-bond acceptors (Lipinski definition) is 7. The van der Waals surface area contributed by atoms with Gasteiger partial charge in [0.15, 0.2) is 0 Å². The van der Waals surface area contributed by atoms with E-state index in [1.54, 1.807) is 11.8 Å². The number of piperidine rings is 1. The Labute approximate surface area is 142 Å². The number of carbonyl (C=O) groups excluding carboxylic acids is 1. The number of hydrogen-bond donors (Lipinski definition) is 2. The van der Waals surface area contributed by atoms with Gasteiger partial charge < -0.3 is 20.7 Å². The maximum atomic E-state index is 11.6. The molecule has 2 aliphatic rings. The average molecular weight is 348 g/mol. The Morgan fingerprint density at radius 1 is 1.50 bits per heavy atom. The standard InChI is InChI=1S/C13H23N3O2S2.C2H6/c1-2-18-12(17)10-3-5-16(6-4-10)7-8-19-11-9-15-13(14)20-11;1-2/h9-10,13,15H,2-8,14H2,1H3;1-2H3. The molecule has 0 amide bonds. The number of likely N-dealkylation sites (tertiary alicyclic amines) is 1. The number of thioether (sulfide) groups is 2. The first-order chi connectivity index (χ1) is 10.7. The second-order valence-electron chi connectivity index (χ2n) is 4.88. The summed E-state index contributed by atoms with van der Waals surface area (Å²) < 4.78 is 6.35. The Balaban J connectivity index is 0.00000116. The lowest BCUT2D eigenvalue weighted by Crippen LogP contribution is -2.38. The zero-order chi connectivity index (χ0) is 16.4. The molecule has 1 saturated heterocycles. The molecule has 1 fully saturated rings. The number of rotatable bonds is 6. The molecule has 2 aliphatic heterocycles. The monoisotopic (exact) mass is 347 g/mol. The molecule has 0 aromatic heterocycles. The molecule has 7 heteroatoms. The zero-order valence-electron chi connectivity index (χ0n) is 13.8. The van der Waals surface area contributed by atoms with Crippen LogP contribution in [0.2, 0.25) is 0 Å². The molecular weight excluding hydrogens is 318 g/mol. The maximum absolute atomic E-state index is 11.6. The largest absolute Gasteiger partial charge is 0.466 e. The average Bonchev–Trinajstić information content (AvgIpc) is 2.96. The summed E-state index contributed by atoms with van der Waals surface area (Å²) in [4.78, 5) is 14.1. The molecule has 0 aliphatic carbocycles. The minimum atomic E-state index is -0.0194. The quantitative estimate of drug-likeness (QED) is 0.715. The highest BCUT2D eigenvalue weighted by Crippen LogP contribution is 2.32. The van der Waals surface area contributed by atoms with Crippen molar-refractivity contribution in [1.29, 1.82) is 0 Å². The second-order valence-corrected chi connectivity index (χ2v) is 7.46. The summed E-state index contributed by atoms with van der Waals surface area (Å²) in [6, 6.07) is 0. The van der Waals surface area contributed by atoms with Crippen LogP contribution < -0.4 is 11.1 Å². The zero-order valence-corrected chi connectivity index (χ0v) is 15.5. The van der Waals surface area contributed by atoms with Crippen molar-refractivity contribution < 1.29 is 9.53 Å². The minimum absolute atomic E-state index is 0.0119. The highest BCUT2D eigenvalue weighted by Gasteiger charge is 2.25. The van der Waals surface area contributed by atoms with Crippen LogP contribution in [-0.4, -0.2) is 48.4 Å². The van der Waals surface area contributed by atoms with Crippen LogP contribution in [0.15, 0.2) is 10.4 Å². The van der Waals surface area contributed by atoms with Crippen LogP contribution in [0.25, 0.3) is 0 Å². The van der Waals surface area contributed by atoms with Crippen molar-refractivity contribution in [3.05, 3.63) is 10.4 Å². The lowest BCUT2D eigenvalue weighted by Gasteiger charge is -2.30. The fourth-order valence-corrected chi connectivity index (χ4v) is 4.40. The molecule has 1 unspecified atom stereocenters. The van der Waals surface area contributed by atoms with E-state index < -0.39 is 0 Å². The van der Waals surface area contributed by atoms with Crippen LogP contribution >= 0.6 is 23.5 Å². The highest BCUT2D eigenvalue weighted by molar-refractivity contribution is 8.22. The topological polar surface area (TPSA) is 67.6 Å². The Morgan fingerprint density at radius 3 is 2.73 bits per heavy atom. The van der Waals surface area contributed by atoms with Gasteiger partial charge in [-0.2, -0.15) is 0 Å². The van der Waals surface area contributed by atoms with E-state index in [4.69, 9.17) is 10.5 Å². The minimum Gasteiger partial charge on any atom is -0.466 e. The van der Waals surface area contributed by atoms with E-state index in [1.165, 1.54) is 4.24 Å². The van der Waals surface area contributed by atoms with Crippen LogP contribution in [0.4, 0.5) is 0 Å². The van der Waals surface area contributed by atoms with Crippen molar-refractivity contribution in [2.24, 2.45) is 11.7 Å². The van der Waals surface area contributed by atoms with Crippen molar-refractivity contribution in [2.45, 2.75) is 39.1 Å². The predicted octanol–water partition coefficient (Wildman–Crippen LogP) is 2.40. The van der Waals surface area contributed by atoms with Gasteiger partial charge in [-0.1, -0.05) is 25.6 Å². The van der Waals surface area contributed by atoms with Crippen molar-refractivity contribution in [3.8, 4) is 0 Å². The van der Waals surface area contributed by atoms with Gasteiger partial charge in [0.1, 0.15) is 5.50 Å². The molecule has 2 rings (SSSR count). The first kappa shape index (κ1) is 19.7. The molecule has 0 aromatic rings. The van der Waals surface area contributed by atoms with Crippen LogP contribution in [0.5, 0.6) is 0 Å². The second kappa shape index (κ2) is 11.2. The Bertz CT molecular complexity index is 359. The van der Waals surface area contributed by atoms with Crippen LogP contribution in [0, 0.1) is 5.92 Å². The van der Waals surface area contributed by atoms with Crippen LogP contribution in [0.1, 0.15) is 33.6 Å². The molecule has 0 aromatic carbocycles. The Morgan fingerprint density at radius 2 is 2.18 bits per heavy atom. The van der Waals surface area contributed by atoms with E-state index in [0.717, 1.165) is 38.2 Å². The van der Waals surface area contributed by atoms with Gasteiger partial charge in [0.2, 0.25) is 0 Å². The number of nitrogens with one attached hydrogen (secondary N) is 1. The number of carbonyl (C=O) groups is 1. The van der Waals surface area contributed by atoms with Gasteiger partial charge in [0.05, 0.1) is 16.8 Å². The molecule has 0 saturated carbocycles. The first-order valence-electron chi connectivity index (χ1n) is 8.09. The number of esters is 1. The van der Waals surface area contributed by atoms with Crippen molar-refractivity contribution in [1.82, 2.24) is 10.2 Å². The number of nitrogens with two attached hydrogens (primary N) is 1. The lowest BCUT2D eigenvalue weighted by molar-refractivity contribution is -0.149. The third-order valence-corrected chi connectivity index (χ3v) is 5.64. The van der Waals surface area contributed by atoms with Gasteiger partial charge >= 0.3 is 5.97 Å². The van der Waals surface area contributed by atoms with Crippen molar-refractivity contribution in [3.63, 3.8) is 0 Å². The van der Waals surface area contributed by atoms with E-state index in [2.05, 4.69) is 10.2 Å². The van der Waals surface area contributed by atoms with E-state index in [9.17, 15) is 4.79 Å². The number of ether oxygens (including phenoxy) is 1. The maximum Gasteiger partial charge on any atom is 0.309 e. The molecular formula is C15H29N3O2S2. The summed E-state index contributed by atoms with van der Waals surface area (Å²) in [5.41, 5.74) is 5.75. The van der Waals surface area contributed by atoms with Gasteiger partial charge in [-0.15, -0.1) is 11.8 Å². The van der Waals surface area contributed by atoms with E-state index >= 15 is 0 Å². The van der Waals surface area contributed by atoms with Crippen LogP contribution in [0.3, 0.4) is 0 Å². The van der Waals surface area contributed by atoms with Gasteiger partial charge in [-0.25, -0.2) is 0 Å². The molecule has 0 radical (unpaired) electrons. The fraction of sp³-hybridized carbons (Fsp3) is 0.800. The number of nitrogens with zero attached hydrogens (tertiary/aromatic N) is 1. The third-order valence-electron chi connectivity index (χ3n) is 3.47. The molecule has 0 spiro atoms. The van der Waals surface area contributed by atoms with E-state index in [-0.39, 0.29) is 17.4 Å². The van der Waals surface area contributed by atoms with Gasteiger partial charge in [0, 0.05) is 18.5 Å². The molecule has 2 heterocycles. The Hall–Kier alpha value is -0.370.